The largest absolute Gasteiger partial charge is 0.382 e. The van der Waals surface area contributed by atoms with Crippen LogP contribution in [0.4, 0.5) is 0 Å². The quantitative estimate of drug-likeness (QED) is 0.732. The fourth-order valence-electron chi connectivity index (χ4n) is 2.19. The Balaban J connectivity index is 2.73. The summed E-state index contributed by atoms with van der Waals surface area (Å²) in [6.07, 6.45) is 1.03. The van der Waals surface area contributed by atoms with Crippen molar-refractivity contribution in [2.75, 3.05) is 19.8 Å². The summed E-state index contributed by atoms with van der Waals surface area (Å²) in [6, 6.07) is 7.17. The van der Waals surface area contributed by atoms with Gasteiger partial charge in [-0.25, -0.2) is 0 Å². The molecular formula is C15H25NO. The minimum atomic E-state index is 0.408. The van der Waals surface area contributed by atoms with Crippen molar-refractivity contribution >= 4 is 0 Å². The van der Waals surface area contributed by atoms with Crippen molar-refractivity contribution in [3.63, 3.8) is 0 Å². The molecule has 0 spiro atoms. The zero-order valence-corrected chi connectivity index (χ0v) is 11.5. The van der Waals surface area contributed by atoms with E-state index >= 15 is 0 Å². The van der Waals surface area contributed by atoms with Crippen LogP contribution in [0.1, 0.15) is 43.0 Å². The molecule has 0 aromatic heterocycles. The maximum absolute atomic E-state index is 5.45. The van der Waals surface area contributed by atoms with Gasteiger partial charge in [-0.2, -0.15) is 0 Å². The van der Waals surface area contributed by atoms with Crippen LogP contribution in [-0.2, 0) is 4.74 Å². The molecule has 1 rings (SSSR count). The zero-order chi connectivity index (χ0) is 12.7. The molecular weight excluding hydrogens is 210 g/mol. The molecule has 0 heterocycles. The van der Waals surface area contributed by atoms with Crippen LogP contribution in [-0.4, -0.2) is 19.8 Å². The summed E-state index contributed by atoms with van der Waals surface area (Å²) < 4.78 is 5.45. The van der Waals surface area contributed by atoms with E-state index in [1.807, 2.05) is 6.92 Å². The Kier molecular flexibility index (Phi) is 6.23. The molecule has 0 radical (unpaired) electrons. The van der Waals surface area contributed by atoms with Crippen molar-refractivity contribution in [1.82, 2.24) is 5.32 Å². The first kappa shape index (κ1) is 14.2. The Labute approximate surface area is 105 Å². The van der Waals surface area contributed by atoms with E-state index in [0.29, 0.717) is 6.04 Å². The van der Waals surface area contributed by atoms with Crippen molar-refractivity contribution in [1.29, 1.82) is 0 Å². The van der Waals surface area contributed by atoms with E-state index < -0.39 is 0 Å². The number of hydrogen-bond donors (Lipinski definition) is 1. The highest BCUT2D eigenvalue weighted by Crippen LogP contribution is 2.20. The minimum absolute atomic E-state index is 0.408. The second-order valence-corrected chi connectivity index (χ2v) is 4.52. The van der Waals surface area contributed by atoms with E-state index in [0.717, 1.165) is 26.2 Å². The molecule has 0 fully saturated rings. The van der Waals surface area contributed by atoms with Crippen molar-refractivity contribution in [2.45, 2.75) is 40.2 Å². The summed E-state index contributed by atoms with van der Waals surface area (Å²) in [5.74, 6) is 0. The van der Waals surface area contributed by atoms with Crippen LogP contribution in [0.5, 0.6) is 0 Å². The van der Waals surface area contributed by atoms with Crippen LogP contribution in [0.15, 0.2) is 18.2 Å². The number of aryl methyl sites for hydroxylation is 2. The molecule has 1 unspecified atom stereocenters. The van der Waals surface area contributed by atoms with Gasteiger partial charge in [-0.1, -0.05) is 36.2 Å². The predicted octanol–water partition coefficient (Wildman–Crippen LogP) is 3.38. The Morgan fingerprint density at radius 2 is 1.76 bits per heavy atom. The Bertz CT molecular complexity index is 315. The molecule has 2 nitrogen and oxygen atoms in total. The lowest BCUT2D eigenvalue weighted by Crippen LogP contribution is -2.22. The van der Waals surface area contributed by atoms with Gasteiger partial charge in [0, 0.05) is 19.3 Å². The molecule has 1 N–H and O–H groups in total. The van der Waals surface area contributed by atoms with Crippen LogP contribution < -0.4 is 5.32 Å². The smallest absolute Gasteiger partial charge is 0.0484 e. The molecule has 0 saturated carbocycles. The van der Waals surface area contributed by atoms with Gasteiger partial charge >= 0.3 is 0 Å². The van der Waals surface area contributed by atoms with E-state index in [-0.39, 0.29) is 0 Å². The first-order chi connectivity index (χ1) is 8.17. The fraction of sp³-hybridized carbons (Fsp3) is 0.600. The van der Waals surface area contributed by atoms with Crippen molar-refractivity contribution in [2.24, 2.45) is 0 Å². The van der Waals surface area contributed by atoms with Crippen LogP contribution >= 0.6 is 0 Å². The lowest BCUT2D eigenvalue weighted by Gasteiger charge is -2.19. The molecule has 2 heteroatoms. The van der Waals surface area contributed by atoms with Gasteiger partial charge in [0.15, 0.2) is 0 Å². The standard InChI is InChI=1S/C15H25NO/c1-5-16-15(7-8-17-6-2)14-10-12(3)9-13(4)11-14/h9-11,15-16H,5-8H2,1-4H3. The minimum Gasteiger partial charge on any atom is -0.382 e. The average molecular weight is 235 g/mol. The van der Waals surface area contributed by atoms with E-state index in [1.54, 1.807) is 0 Å². The van der Waals surface area contributed by atoms with Crippen molar-refractivity contribution in [3.8, 4) is 0 Å². The normalized spacial score (nSPS) is 12.7. The maximum atomic E-state index is 5.45. The molecule has 0 amide bonds. The monoisotopic (exact) mass is 235 g/mol. The maximum Gasteiger partial charge on any atom is 0.0484 e. The molecule has 0 aliphatic heterocycles. The Morgan fingerprint density at radius 3 is 2.29 bits per heavy atom. The van der Waals surface area contributed by atoms with Gasteiger partial charge in [-0.3, -0.25) is 0 Å². The second-order valence-electron chi connectivity index (χ2n) is 4.52. The van der Waals surface area contributed by atoms with E-state index in [1.165, 1.54) is 16.7 Å². The number of ether oxygens (including phenoxy) is 1. The SMILES string of the molecule is CCNC(CCOCC)c1cc(C)cc(C)c1. The summed E-state index contributed by atoms with van der Waals surface area (Å²) in [7, 11) is 0. The van der Waals surface area contributed by atoms with E-state index in [2.05, 4.69) is 44.3 Å². The van der Waals surface area contributed by atoms with Crippen LogP contribution in [0.25, 0.3) is 0 Å². The van der Waals surface area contributed by atoms with E-state index in [4.69, 9.17) is 4.74 Å². The summed E-state index contributed by atoms with van der Waals surface area (Å²) in [5, 5.41) is 3.53. The van der Waals surface area contributed by atoms with Crippen molar-refractivity contribution < 1.29 is 4.74 Å². The molecule has 0 saturated heterocycles. The topological polar surface area (TPSA) is 21.3 Å². The van der Waals surface area contributed by atoms with Crippen molar-refractivity contribution in [3.05, 3.63) is 34.9 Å². The third kappa shape index (κ3) is 4.88. The first-order valence-electron chi connectivity index (χ1n) is 6.56. The summed E-state index contributed by atoms with van der Waals surface area (Å²) in [5.41, 5.74) is 4.04. The number of hydrogen-bond acceptors (Lipinski definition) is 2. The van der Waals surface area contributed by atoms with Crippen LogP contribution in [0.3, 0.4) is 0 Å². The number of nitrogens with one attached hydrogen (secondary N) is 1. The highest BCUT2D eigenvalue weighted by molar-refractivity contribution is 5.30. The number of rotatable bonds is 7. The zero-order valence-electron chi connectivity index (χ0n) is 11.5. The second kappa shape index (κ2) is 7.46. The molecule has 0 bridgehead atoms. The molecule has 96 valence electrons. The lowest BCUT2D eigenvalue weighted by molar-refractivity contribution is 0.136. The molecule has 17 heavy (non-hydrogen) atoms. The van der Waals surface area contributed by atoms with Gasteiger partial charge in [-0.15, -0.1) is 0 Å². The Hall–Kier alpha value is -0.860. The molecule has 1 atom stereocenters. The third-order valence-corrected chi connectivity index (χ3v) is 2.85. The Morgan fingerprint density at radius 1 is 1.12 bits per heavy atom. The number of benzene rings is 1. The lowest BCUT2D eigenvalue weighted by atomic mass is 9.99. The highest BCUT2D eigenvalue weighted by Gasteiger charge is 2.10. The van der Waals surface area contributed by atoms with Crippen LogP contribution in [0, 0.1) is 13.8 Å². The fourth-order valence-corrected chi connectivity index (χ4v) is 2.19. The molecule has 0 aliphatic rings. The first-order valence-corrected chi connectivity index (χ1v) is 6.56. The van der Waals surface area contributed by atoms with Gasteiger partial charge in [0.05, 0.1) is 0 Å². The average Bonchev–Trinajstić information content (AvgIpc) is 2.27. The summed E-state index contributed by atoms with van der Waals surface area (Å²) in [6.45, 7) is 11.1. The van der Waals surface area contributed by atoms with Gasteiger partial charge in [-0.05, 0) is 39.3 Å². The summed E-state index contributed by atoms with van der Waals surface area (Å²) >= 11 is 0. The van der Waals surface area contributed by atoms with Gasteiger partial charge in [0.25, 0.3) is 0 Å². The molecule has 1 aromatic carbocycles. The van der Waals surface area contributed by atoms with Crippen LogP contribution in [0.2, 0.25) is 0 Å². The molecule has 1 aromatic rings. The highest BCUT2D eigenvalue weighted by atomic mass is 16.5. The van der Waals surface area contributed by atoms with E-state index in [9.17, 15) is 0 Å². The van der Waals surface area contributed by atoms with Gasteiger partial charge in [0.1, 0.15) is 0 Å². The van der Waals surface area contributed by atoms with Gasteiger partial charge in [0.2, 0.25) is 0 Å². The van der Waals surface area contributed by atoms with Gasteiger partial charge < -0.3 is 10.1 Å². The summed E-state index contributed by atoms with van der Waals surface area (Å²) in [4.78, 5) is 0. The predicted molar refractivity (Wildman–Crippen MR) is 73.4 cm³/mol. The molecule has 0 aliphatic carbocycles. The third-order valence-electron chi connectivity index (χ3n) is 2.85.